The summed E-state index contributed by atoms with van der Waals surface area (Å²) in [5.41, 5.74) is 0.617. The van der Waals surface area contributed by atoms with E-state index in [0.717, 1.165) is 25.5 Å². The lowest BCUT2D eigenvalue weighted by molar-refractivity contribution is -0.268. The highest BCUT2D eigenvalue weighted by atomic mass is 32.1. The van der Waals surface area contributed by atoms with Crippen LogP contribution >= 0.6 is 12.2 Å². The molecular formula is C31H40F4N5O7S-. The minimum absolute atomic E-state index is 0.0630. The van der Waals surface area contributed by atoms with E-state index in [1.54, 1.807) is 18.3 Å². The van der Waals surface area contributed by atoms with Gasteiger partial charge in [-0.1, -0.05) is 12.1 Å². The van der Waals surface area contributed by atoms with E-state index in [1.165, 1.54) is 12.1 Å². The summed E-state index contributed by atoms with van der Waals surface area (Å²) in [7, 11) is 0. The maximum absolute atomic E-state index is 13.9. The largest absolute Gasteiger partial charge is 0.872 e. The number of rotatable bonds is 23. The Hall–Kier alpha value is -3.90. The van der Waals surface area contributed by atoms with Gasteiger partial charge in [-0.25, -0.2) is 13.2 Å². The molecule has 2 rings (SSSR count). The normalized spacial score (nSPS) is 11.6. The predicted octanol–water partition coefficient (Wildman–Crippen LogP) is 3.53. The summed E-state index contributed by atoms with van der Waals surface area (Å²) >= 11 is 5.24. The van der Waals surface area contributed by atoms with Gasteiger partial charge in [0.05, 0.1) is 71.5 Å². The van der Waals surface area contributed by atoms with Crippen LogP contribution in [0.25, 0.3) is 0 Å². The number of nitrogens with two attached hydrogens (primary N) is 1. The Morgan fingerprint density at radius 2 is 1.46 bits per heavy atom. The van der Waals surface area contributed by atoms with Gasteiger partial charge in [-0.2, -0.15) is 9.49 Å². The van der Waals surface area contributed by atoms with Crippen molar-refractivity contribution < 1.29 is 51.1 Å². The van der Waals surface area contributed by atoms with Crippen LogP contribution in [0.1, 0.15) is 31.2 Å². The second kappa shape index (κ2) is 23.4. The van der Waals surface area contributed by atoms with Crippen LogP contribution < -0.4 is 26.3 Å². The highest BCUT2D eigenvalue weighted by molar-refractivity contribution is 7.80. The number of hydrogen-bond acceptors (Lipinski definition) is 11. The molecule has 0 saturated carbocycles. The number of esters is 1. The maximum Gasteiger partial charge on any atom is 0.313 e. The van der Waals surface area contributed by atoms with Gasteiger partial charge in [0.25, 0.3) is 0 Å². The van der Waals surface area contributed by atoms with Crippen LogP contribution in [0, 0.1) is 30.2 Å². The number of halogens is 4. The third-order valence-corrected chi connectivity index (χ3v) is 6.50. The number of carbonyl (C=O) groups excluding carboxylic acids is 1. The molecule has 0 spiro atoms. The van der Waals surface area contributed by atoms with Gasteiger partial charge in [-0.05, 0) is 50.5 Å². The predicted molar refractivity (Wildman–Crippen MR) is 173 cm³/mol. The Morgan fingerprint density at radius 3 is 2.08 bits per heavy atom. The summed E-state index contributed by atoms with van der Waals surface area (Å²) in [6.07, 6.45) is 3.60. The van der Waals surface area contributed by atoms with Crippen LogP contribution in [0.3, 0.4) is 0 Å². The van der Waals surface area contributed by atoms with Crippen molar-refractivity contribution in [3.63, 3.8) is 0 Å². The van der Waals surface area contributed by atoms with Crippen LogP contribution in [0.2, 0.25) is 0 Å². The van der Waals surface area contributed by atoms with Gasteiger partial charge in [0.1, 0.15) is 0 Å². The number of nitrogens with one attached hydrogen (secondary N) is 2. The third kappa shape index (κ3) is 15.8. The fourth-order valence-electron chi connectivity index (χ4n) is 3.69. The molecule has 12 nitrogen and oxygen atoms in total. The van der Waals surface area contributed by atoms with E-state index in [0.29, 0.717) is 63.4 Å². The smallest absolute Gasteiger partial charge is 0.313 e. The molecule has 4 N–H and O–H groups in total. The first-order valence-corrected chi connectivity index (χ1v) is 15.5. The molecule has 0 unspecified atom stereocenters. The van der Waals surface area contributed by atoms with Crippen molar-refractivity contribution in [1.29, 1.82) is 0 Å². The zero-order valence-electron chi connectivity index (χ0n) is 26.5. The van der Waals surface area contributed by atoms with E-state index in [1.807, 2.05) is 0 Å². The van der Waals surface area contributed by atoms with Crippen molar-refractivity contribution in [2.24, 2.45) is 15.9 Å². The topological polar surface area (TPSA) is 161 Å². The molecule has 2 aromatic carbocycles. The highest BCUT2D eigenvalue weighted by Gasteiger charge is 2.26. The highest BCUT2D eigenvalue weighted by Crippen LogP contribution is 2.29. The summed E-state index contributed by atoms with van der Waals surface area (Å²) in [5.74, 6) is -3.99. The summed E-state index contributed by atoms with van der Waals surface area (Å²) < 4.78 is 80.3. The lowest BCUT2D eigenvalue weighted by atomic mass is 10.2. The van der Waals surface area contributed by atoms with Gasteiger partial charge in [0.2, 0.25) is 11.6 Å². The van der Waals surface area contributed by atoms with Crippen molar-refractivity contribution in [3.8, 4) is 11.5 Å². The average Bonchev–Trinajstić information content (AvgIpc) is 3.08. The first-order chi connectivity index (χ1) is 23.1. The van der Waals surface area contributed by atoms with Crippen LogP contribution in [0.5, 0.6) is 11.5 Å². The summed E-state index contributed by atoms with van der Waals surface area (Å²) in [6.45, 7) is 3.94. The zero-order valence-corrected chi connectivity index (χ0v) is 27.4. The number of aliphatic imine (C=N–C) groups is 1. The molecule has 0 aliphatic rings. The van der Waals surface area contributed by atoms with Gasteiger partial charge in [-0.3, -0.25) is 9.79 Å². The Balaban J connectivity index is 1.38. The van der Waals surface area contributed by atoms with Gasteiger partial charge in [-0.15, -0.1) is 5.75 Å². The summed E-state index contributed by atoms with van der Waals surface area (Å²) in [5, 5.41) is 21.5. The van der Waals surface area contributed by atoms with Crippen molar-refractivity contribution in [3.05, 3.63) is 53.1 Å². The van der Waals surface area contributed by atoms with Gasteiger partial charge in [0.15, 0.2) is 22.6 Å². The molecule has 2 aromatic rings. The van der Waals surface area contributed by atoms with Crippen molar-refractivity contribution in [2.75, 3.05) is 71.3 Å². The number of hydrogen-bond donors (Lipinski definition) is 3. The van der Waals surface area contributed by atoms with Crippen molar-refractivity contribution in [1.82, 2.24) is 5.32 Å². The minimum Gasteiger partial charge on any atom is -0.872 e. The number of thiocarbonyl (C=S) groups is 1. The molecule has 0 atom stereocenters. The molecule has 48 heavy (non-hydrogen) atoms. The third-order valence-electron chi connectivity index (χ3n) is 6.25. The van der Waals surface area contributed by atoms with E-state index in [-0.39, 0.29) is 32.0 Å². The van der Waals surface area contributed by atoms with Crippen LogP contribution in [0.4, 0.5) is 23.2 Å². The van der Waals surface area contributed by atoms with E-state index in [4.69, 9.17) is 37.0 Å². The van der Waals surface area contributed by atoms with E-state index in [2.05, 4.69) is 25.5 Å². The van der Waals surface area contributed by atoms with Gasteiger partial charge < -0.3 is 45.3 Å². The fourth-order valence-corrected chi connectivity index (χ4v) is 3.91. The molecule has 0 saturated heterocycles. The van der Waals surface area contributed by atoms with Crippen LogP contribution in [0.15, 0.2) is 34.4 Å². The SMILES string of the molecule is Cc1c(F)c(F)c(F)c(OC(=O)CCOCCOCCOCCOCCN=C/C(CCCCNC(=S)Nc2ccc([O-])cc2)=N\N)c1F. The monoisotopic (exact) mass is 702 g/mol. The fraction of sp³-hybridized carbons (Fsp3) is 0.484. The van der Waals surface area contributed by atoms with E-state index >= 15 is 0 Å². The number of carbonyl (C=O) groups is 1. The molecule has 0 fully saturated rings. The Morgan fingerprint density at radius 1 is 0.854 bits per heavy atom. The number of unbranched alkanes of at least 4 members (excludes halogenated alkanes) is 1. The second-order valence-electron chi connectivity index (χ2n) is 9.90. The molecule has 0 amide bonds. The molecular weight excluding hydrogens is 662 g/mol. The quantitative estimate of drug-likeness (QED) is 0.0149. The number of nitrogens with zero attached hydrogens (tertiary/aromatic N) is 2. The Bertz CT molecular complexity index is 1320. The van der Waals surface area contributed by atoms with E-state index < -0.39 is 40.6 Å². The molecule has 0 aliphatic carbocycles. The van der Waals surface area contributed by atoms with Crippen molar-refractivity contribution in [2.45, 2.75) is 32.6 Å². The average molecular weight is 703 g/mol. The molecule has 0 aromatic heterocycles. The molecule has 0 radical (unpaired) electrons. The lowest BCUT2D eigenvalue weighted by Crippen LogP contribution is -2.29. The molecule has 0 bridgehead atoms. The number of anilines is 1. The molecule has 0 aliphatic heterocycles. The Labute approximate surface area is 281 Å². The second-order valence-corrected chi connectivity index (χ2v) is 10.3. The van der Waals surface area contributed by atoms with Gasteiger partial charge >= 0.3 is 5.97 Å². The number of ether oxygens (including phenoxy) is 5. The summed E-state index contributed by atoms with van der Waals surface area (Å²) in [4.78, 5) is 16.0. The van der Waals surface area contributed by atoms with E-state index in [9.17, 15) is 27.5 Å². The van der Waals surface area contributed by atoms with Crippen molar-refractivity contribution >= 4 is 40.9 Å². The van der Waals surface area contributed by atoms with Crippen LogP contribution in [-0.2, 0) is 23.7 Å². The number of hydrazone groups is 1. The maximum atomic E-state index is 13.9. The summed E-state index contributed by atoms with van der Waals surface area (Å²) in [6, 6.07) is 6.26. The molecule has 266 valence electrons. The molecule has 17 heteroatoms. The first kappa shape index (κ1) is 40.3. The minimum atomic E-state index is -1.92. The number of benzene rings is 2. The molecule has 0 heterocycles. The van der Waals surface area contributed by atoms with Crippen LogP contribution in [-0.4, -0.2) is 89.0 Å². The zero-order chi connectivity index (χ0) is 35.1. The van der Waals surface area contributed by atoms with Gasteiger partial charge in [0, 0.05) is 24.0 Å². The Kier molecular flexibility index (Phi) is 19.7. The standard InChI is InChI=1S/C31H41F4N5O7S/c1-21-26(32)28(34)29(35)30(27(21)33)47-25(42)9-12-43-14-16-45-18-19-46-17-15-44-13-11-37-20-23(40-36)4-2-3-10-38-31(48)39-22-5-7-24(41)8-6-22/h5-8,20,41H,2-4,9-19,36H2,1H3,(H2,38,39,48)/p-1/b37-20?,40-23-. The first-order valence-electron chi connectivity index (χ1n) is 15.1. The lowest BCUT2D eigenvalue weighted by Gasteiger charge is -2.11.